The molecular weight excluding hydrogens is 210 g/mol. The molecule has 1 aromatic rings. The minimum Gasteiger partial charge on any atom is -0.762 e. The first kappa shape index (κ1) is 12.9. The molecule has 0 spiro atoms. The molecule has 0 aliphatic carbocycles. The van der Waals surface area contributed by atoms with Crippen LogP contribution in [0.2, 0.25) is 0 Å². The predicted molar refractivity (Wildman–Crippen MR) is 58.5 cm³/mol. The van der Waals surface area contributed by atoms with Gasteiger partial charge in [0.25, 0.3) is 0 Å². The van der Waals surface area contributed by atoms with Gasteiger partial charge in [0, 0.05) is 6.54 Å². The second kappa shape index (κ2) is 7.19. The molecule has 0 saturated carbocycles. The smallest absolute Gasteiger partial charge is 0.132 e. The van der Waals surface area contributed by atoms with Crippen molar-refractivity contribution < 1.29 is 14.7 Å². The molecule has 5 heteroatoms. The van der Waals surface area contributed by atoms with Crippen LogP contribution >= 0.6 is 0 Å². The highest BCUT2D eigenvalue weighted by molar-refractivity contribution is 5.03. The molecule has 1 heterocycles. The van der Waals surface area contributed by atoms with Gasteiger partial charge in [0.15, 0.2) is 0 Å². The lowest BCUT2D eigenvalue weighted by Crippen LogP contribution is -2.10. The van der Waals surface area contributed by atoms with Crippen molar-refractivity contribution in [1.29, 1.82) is 0 Å². The molecule has 0 radical (unpaired) electrons. The third-order valence-corrected chi connectivity index (χ3v) is 2.12. The van der Waals surface area contributed by atoms with E-state index in [-0.39, 0.29) is 11.8 Å². The van der Waals surface area contributed by atoms with Crippen molar-refractivity contribution in [2.75, 3.05) is 6.54 Å². The van der Waals surface area contributed by atoms with E-state index in [9.17, 15) is 10.3 Å². The van der Waals surface area contributed by atoms with Gasteiger partial charge in [-0.05, 0) is 31.4 Å². The fourth-order valence-electron chi connectivity index (χ4n) is 1.28. The molecule has 1 rings (SSSR count). The van der Waals surface area contributed by atoms with E-state index in [4.69, 9.17) is 9.62 Å². The van der Waals surface area contributed by atoms with Gasteiger partial charge in [-0.3, -0.25) is 5.23 Å². The van der Waals surface area contributed by atoms with E-state index in [1.165, 1.54) is 6.26 Å². The van der Waals surface area contributed by atoms with Gasteiger partial charge < -0.3 is 19.9 Å². The Hall–Kier alpha value is -1.14. The maximum Gasteiger partial charge on any atom is 0.132 e. The summed E-state index contributed by atoms with van der Waals surface area (Å²) in [6.07, 6.45) is 6.37. The number of furan rings is 1. The van der Waals surface area contributed by atoms with E-state index in [1.807, 2.05) is 12.2 Å². The lowest BCUT2D eigenvalue weighted by atomic mass is 10.2. The van der Waals surface area contributed by atoms with Crippen LogP contribution in [0.5, 0.6) is 0 Å². The standard InChI is InChI=1S/C11H16NO4/c13-10(11-7-5-9-16-11)6-3-1-2-4-8-12(14)15/h1,3,5,7,9-10,13-14H,2,4,6,8H2/q-1/b3-1-. The molecule has 0 aromatic carbocycles. The Kier molecular flexibility index (Phi) is 5.81. The van der Waals surface area contributed by atoms with Gasteiger partial charge in [-0.1, -0.05) is 12.2 Å². The van der Waals surface area contributed by atoms with Gasteiger partial charge in [0.1, 0.15) is 11.9 Å². The average Bonchev–Trinajstić information content (AvgIpc) is 2.75. The first-order valence-electron chi connectivity index (χ1n) is 5.20. The van der Waals surface area contributed by atoms with E-state index in [2.05, 4.69) is 0 Å². The molecule has 0 fully saturated rings. The fourth-order valence-corrected chi connectivity index (χ4v) is 1.28. The quantitative estimate of drug-likeness (QED) is 0.423. The maximum absolute atomic E-state index is 10.1. The Labute approximate surface area is 94.1 Å². The number of aliphatic hydroxyl groups excluding tert-OH is 1. The third kappa shape index (κ3) is 5.09. The van der Waals surface area contributed by atoms with Crippen molar-refractivity contribution in [3.8, 4) is 0 Å². The SMILES string of the molecule is [O-]N(O)CCC/C=C\CC(O)c1ccco1. The summed E-state index contributed by atoms with van der Waals surface area (Å²) >= 11 is 0. The van der Waals surface area contributed by atoms with Crippen LogP contribution in [0.3, 0.4) is 0 Å². The Morgan fingerprint density at radius 3 is 2.94 bits per heavy atom. The molecule has 2 N–H and O–H groups in total. The number of hydroxylamine groups is 2. The van der Waals surface area contributed by atoms with Crippen molar-refractivity contribution in [3.63, 3.8) is 0 Å². The van der Waals surface area contributed by atoms with Crippen molar-refractivity contribution >= 4 is 0 Å². The predicted octanol–water partition coefficient (Wildman–Crippen LogP) is 2.23. The molecule has 5 nitrogen and oxygen atoms in total. The van der Waals surface area contributed by atoms with E-state index < -0.39 is 6.10 Å². The van der Waals surface area contributed by atoms with Crippen molar-refractivity contribution in [3.05, 3.63) is 41.5 Å². The summed E-state index contributed by atoms with van der Waals surface area (Å²) in [6, 6.07) is 3.45. The Bertz CT molecular complexity index is 295. The summed E-state index contributed by atoms with van der Waals surface area (Å²) < 4.78 is 5.04. The first-order chi connectivity index (χ1) is 7.70. The van der Waals surface area contributed by atoms with Gasteiger partial charge in [0.05, 0.1) is 6.26 Å². The average molecular weight is 226 g/mol. The Morgan fingerprint density at radius 2 is 2.31 bits per heavy atom. The molecule has 0 amide bonds. The van der Waals surface area contributed by atoms with E-state index >= 15 is 0 Å². The summed E-state index contributed by atoms with van der Waals surface area (Å²) in [6.45, 7) is 0.102. The number of rotatable bonds is 7. The number of nitrogens with zero attached hydrogens (tertiary/aromatic N) is 1. The van der Waals surface area contributed by atoms with Crippen molar-refractivity contribution in [1.82, 2.24) is 5.23 Å². The monoisotopic (exact) mass is 226 g/mol. The van der Waals surface area contributed by atoms with Crippen molar-refractivity contribution in [2.24, 2.45) is 0 Å². The van der Waals surface area contributed by atoms with Crippen LogP contribution < -0.4 is 0 Å². The van der Waals surface area contributed by atoms with Crippen LogP contribution in [0.4, 0.5) is 0 Å². The summed E-state index contributed by atoms with van der Waals surface area (Å²) in [5.41, 5.74) is 0. The van der Waals surface area contributed by atoms with Gasteiger partial charge in [-0.25, -0.2) is 0 Å². The summed E-state index contributed by atoms with van der Waals surface area (Å²) in [7, 11) is 0. The Morgan fingerprint density at radius 1 is 1.50 bits per heavy atom. The third-order valence-electron chi connectivity index (χ3n) is 2.12. The van der Waals surface area contributed by atoms with Gasteiger partial charge >= 0.3 is 0 Å². The van der Waals surface area contributed by atoms with Gasteiger partial charge in [0.2, 0.25) is 0 Å². The van der Waals surface area contributed by atoms with Crippen molar-refractivity contribution in [2.45, 2.75) is 25.4 Å². The highest BCUT2D eigenvalue weighted by Gasteiger charge is 2.06. The molecule has 0 bridgehead atoms. The number of allylic oxidation sites excluding steroid dienone is 1. The van der Waals surface area contributed by atoms with Crippen LogP contribution in [-0.4, -0.2) is 22.1 Å². The number of unbranched alkanes of at least 4 members (excludes halogenated alkanes) is 1. The molecule has 0 saturated heterocycles. The minimum atomic E-state index is -0.625. The topological polar surface area (TPSA) is 79.9 Å². The summed E-state index contributed by atoms with van der Waals surface area (Å²) in [4.78, 5) is 0. The number of hydrogen-bond donors (Lipinski definition) is 2. The summed E-state index contributed by atoms with van der Waals surface area (Å²) in [5.74, 6) is 0.547. The van der Waals surface area contributed by atoms with Crippen LogP contribution in [0, 0.1) is 5.21 Å². The van der Waals surface area contributed by atoms with Crippen LogP contribution in [0.25, 0.3) is 0 Å². The van der Waals surface area contributed by atoms with Crippen LogP contribution in [0.1, 0.15) is 31.1 Å². The zero-order valence-electron chi connectivity index (χ0n) is 8.95. The van der Waals surface area contributed by atoms with Gasteiger partial charge in [-0.2, -0.15) is 0 Å². The second-order valence-electron chi connectivity index (χ2n) is 3.46. The van der Waals surface area contributed by atoms with E-state index in [0.29, 0.717) is 25.0 Å². The molecule has 1 atom stereocenters. The maximum atomic E-state index is 10.1. The van der Waals surface area contributed by atoms with Gasteiger partial charge in [-0.15, -0.1) is 0 Å². The molecule has 1 aromatic heterocycles. The molecule has 90 valence electrons. The molecule has 1 unspecified atom stereocenters. The van der Waals surface area contributed by atoms with Crippen LogP contribution in [0.15, 0.2) is 35.0 Å². The first-order valence-corrected chi connectivity index (χ1v) is 5.20. The summed E-state index contributed by atoms with van der Waals surface area (Å²) in [5, 5.41) is 28.0. The molecule has 16 heavy (non-hydrogen) atoms. The molecule has 0 aliphatic rings. The van der Waals surface area contributed by atoms with Crippen LogP contribution in [-0.2, 0) is 0 Å². The Balaban J connectivity index is 2.12. The molecule has 0 aliphatic heterocycles. The lowest BCUT2D eigenvalue weighted by Gasteiger charge is -2.17. The normalized spacial score (nSPS) is 13.8. The highest BCUT2D eigenvalue weighted by Crippen LogP contribution is 2.17. The lowest BCUT2D eigenvalue weighted by molar-refractivity contribution is -0.0408. The number of hydrogen-bond acceptors (Lipinski definition) is 5. The molecular formula is C11H16NO4-. The fraction of sp³-hybridized carbons (Fsp3) is 0.455. The largest absolute Gasteiger partial charge is 0.762 e. The minimum absolute atomic E-state index is 0.0778. The van der Waals surface area contributed by atoms with E-state index in [0.717, 1.165) is 0 Å². The second-order valence-corrected chi connectivity index (χ2v) is 3.46. The zero-order valence-corrected chi connectivity index (χ0v) is 8.95. The number of aliphatic hydroxyl groups is 1. The highest BCUT2D eigenvalue weighted by atomic mass is 16.8. The zero-order chi connectivity index (χ0) is 11.8. The van der Waals surface area contributed by atoms with E-state index in [1.54, 1.807) is 12.1 Å².